The van der Waals surface area contributed by atoms with Crippen LogP contribution in [0.1, 0.15) is 71.6 Å². The van der Waals surface area contributed by atoms with Gasteiger partial charge in [0.25, 0.3) is 0 Å². The second kappa shape index (κ2) is 9.80. The topological polar surface area (TPSA) is 21.3 Å². The van der Waals surface area contributed by atoms with Gasteiger partial charge >= 0.3 is 0 Å². The molecule has 1 aliphatic heterocycles. The monoisotopic (exact) mass is 255 g/mol. The lowest BCUT2D eigenvalue weighted by atomic mass is 9.82. The normalized spacial score (nSPS) is 19.0. The van der Waals surface area contributed by atoms with Gasteiger partial charge in [-0.25, -0.2) is 0 Å². The fourth-order valence-corrected chi connectivity index (χ4v) is 2.64. The summed E-state index contributed by atoms with van der Waals surface area (Å²) in [5, 5.41) is 3.64. The molecule has 1 fully saturated rings. The van der Waals surface area contributed by atoms with Crippen LogP contribution in [-0.2, 0) is 4.74 Å². The molecule has 1 saturated heterocycles. The van der Waals surface area contributed by atoms with Gasteiger partial charge in [0.2, 0.25) is 0 Å². The minimum atomic E-state index is 0.485. The predicted octanol–water partition coefficient (Wildman–Crippen LogP) is 4.14. The highest BCUT2D eigenvalue weighted by atomic mass is 16.5. The fraction of sp³-hybridized carbons (Fsp3) is 1.00. The number of hydrogen-bond acceptors (Lipinski definition) is 2. The molecule has 0 amide bonds. The molecule has 0 radical (unpaired) electrons. The Labute approximate surface area is 114 Å². The van der Waals surface area contributed by atoms with Gasteiger partial charge in [-0.05, 0) is 31.2 Å². The lowest BCUT2D eigenvalue weighted by Gasteiger charge is -2.33. The van der Waals surface area contributed by atoms with Gasteiger partial charge in [-0.3, -0.25) is 0 Å². The second-order valence-corrected chi connectivity index (χ2v) is 6.22. The highest BCUT2D eigenvalue weighted by molar-refractivity contribution is 4.79. The molecule has 1 heterocycles. The average Bonchev–Trinajstić information content (AvgIpc) is 2.38. The zero-order valence-corrected chi connectivity index (χ0v) is 12.6. The lowest BCUT2D eigenvalue weighted by molar-refractivity contribution is 0.0242. The van der Waals surface area contributed by atoms with Gasteiger partial charge in [-0.15, -0.1) is 0 Å². The summed E-state index contributed by atoms with van der Waals surface area (Å²) in [5.41, 5.74) is 0.485. The van der Waals surface area contributed by atoms with Gasteiger partial charge in [0.1, 0.15) is 0 Å². The third kappa shape index (κ3) is 7.38. The van der Waals surface area contributed by atoms with Crippen LogP contribution in [-0.4, -0.2) is 26.3 Å². The molecule has 18 heavy (non-hydrogen) atoms. The Morgan fingerprint density at radius 3 is 2.22 bits per heavy atom. The zero-order chi connectivity index (χ0) is 13.1. The van der Waals surface area contributed by atoms with Gasteiger partial charge in [0.05, 0.1) is 0 Å². The molecule has 0 spiro atoms. The smallest absolute Gasteiger partial charge is 0.0471 e. The van der Waals surface area contributed by atoms with E-state index in [1.165, 1.54) is 70.9 Å². The predicted molar refractivity (Wildman–Crippen MR) is 79.0 cm³/mol. The van der Waals surface area contributed by atoms with E-state index < -0.39 is 0 Å². The molecule has 0 bridgehead atoms. The van der Waals surface area contributed by atoms with Crippen molar-refractivity contribution in [1.82, 2.24) is 5.32 Å². The van der Waals surface area contributed by atoms with Crippen molar-refractivity contribution in [2.75, 3.05) is 26.3 Å². The van der Waals surface area contributed by atoms with Crippen molar-refractivity contribution in [2.45, 2.75) is 71.6 Å². The van der Waals surface area contributed by atoms with Gasteiger partial charge in [-0.2, -0.15) is 0 Å². The minimum Gasteiger partial charge on any atom is -0.381 e. The SMILES string of the molecule is CCCCCCCCCNCC1(C)CCOCC1. The van der Waals surface area contributed by atoms with Crippen LogP contribution in [0, 0.1) is 5.41 Å². The van der Waals surface area contributed by atoms with E-state index in [4.69, 9.17) is 4.74 Å². The van der Waals surface area contributed by atoms with Crippen molar-refractivity contribution >= 4 is 0 Å². The molecule has 0 aromatic heterocycles. The maximum Gasteiger partial charge on any atom is 0.0471 e. The molecule has 0 aliphatic carbocycles. The molecule has 1 rings (SSSR count). The molecule has 0 aromatic carbocycles. The van der Waals surface area contributed by atoms with E-state index in [1.807, 2.05) is 0 Å². The molecular weight excluding hydrogens is 222 g/mol. The van der Waals surface area contributed by atoms with Gasteiger partial charge < -0.3 is 10.1 Å². The third-order valence-corrected chi connectivity index (χ3v) is 4.21. The number of ether oxygens (including phenoxy) is 1. The van der Waals surface area contributed by atoms with Gasteiger partial charge in [0.15, 0.2) is 0 Å². The Kier molecular flexibility index (Phi) is 8.70. The van der Waals surface area contributed by atoms with Crippen molar-refractivity contribution in [1.29, 1.82) is 0 Å². The number of unbranched alkanes of at least 4 members (excludes halogenated alkanes) is 6. The summed E-state index contributed by atoms with van der Waals surface area (Å²) in [6, 6.07) is 0. The van der Waals surface area contributed by atoms with Crippen LogP contribution in [0.2, 0.25) is 0 Å². The number of hydrogen-bond donors (Lipinski definition) is 1. The van der Waals surface area contributed by atoms with Crippen LogP contribution in [0.3, 0.4) is 0 Å². The Morgan fingerprint density at radius 2 is 1.56 bits per heavy atom. The van der Waals surface area contributed by atoms with Crippen molar-refractivity contribution in [2.24, 2.45) is 5.41 Å². The summed E-state index contributed by atoms with van der Waals surface area (Å²) in [6.07, 6.45) is 12.2. The lowest BCUT2D eigenvalue weighted by Crippen LogP contribution is -2.37. The summed E-state index contributed by atoms with van der Waals surface area (Å²) in [6.45, 7) is 8.95. The van der Waals surface area contributed by atoms with Crippen LogP contribution < -0.4 is 5.32 Å². The Bertz CT molecular complexity index is 188. The molecular formula is C16H33NO. The third-order valence-electron chi connectivity index (χ3n) is 4.21. The fourth-order valence-electron chi connectivity index (χ4n) is 2.64. The van der Waals surface area contributed by atoms with E-state index in [2.05, 4.69) is 19.2 Å². The highest BCUT2D eigenvalue weighted by Gasteiger charge is 2.26. The van der Waals surface area contributed by atoms with Crippen LogP contribution in [0.4, 0.5) is 0 Å². The summed E-state index contributed by atoms with van der Waals surface area (Å²) < 4.78 is 5.43. The highest BCUT2D eigenvalue weighted by Crippen LogP contribution is 2.28. The van der Waals surface area contributed by atoms with Crippen molar-refractivity contribution in [3.8, 4) is 0 Å². The molecule has 108 valence electrons. The number of nitrogens with one attached hydrogen (secondary N) is 1. The van der Waals surface area contributed by atoms with E-state index in [1.54, 1.807) is 0 Å². The average molecular weight is 255 g/mol. The molecule has 0 unspecified atom stereocenters. The Balaban J connectivity index is 1.86. The standard InChI is InChI=1S/C16H33NO/c1-3-4-5-6-7-8-9-12-17-15-16(2)10-13-18-14-11-16/h17H,3-15H2,1-2H3. The second-order valence-electron chi connectivity index (χ2n) is 6.22. The van der Waals surface area contributed by atoms with E-state index in [0.717, 1.165) is 13.2 Å². The van der Waals surface area contributed by atoms with Crippen LogP contribution >= 0.6 is 0 Å². The first-order chi connectivity index (χ1) is 8.77. The van der Waals surface area contributed by atoms with E-state index in [9.17, 15) is 0 Å². The largest absolute Gasteiger partial charge is 0.381 e. The summed E-state index contributed by atoms with van der Waals surface area (Å²) in [4.78, 5) is 0. The molecule has 1 N–H and O–H groups in total. The van der Waals surface area contributed by atoms with Crippen molar-refractivity contribution in [3.63, 3.8) is 0 Å². The maximum atomic E-state index is 5.43. The molecule has 0 saturated carbocycles. The van der Waals surface area contributed by atoms with Crippen LogP contribution in [0.25, 0.3) is 0 Å². The number of rotatable bonds is 10. The van der Waals surface area contributed by atoms with Gasteiger partial charge in [0, 0.05) is 19.8 Å². The summed E-state index contributed by atoms with van der Waals surface area (Å²) >= 11 is 0. The summed E-state index contributed by atoms with van der Waals surface area (Å²) in [7, 11) is 0. The summed E-state index contributed by atoms with van der Waals surface area (Å²) in [5.74, 6) is 0. The van der Waals surface area contributed by atoms with Crippen LogP contribution in [0.15, 0.2) is 0 Å². The maximum absolute atomic E-state index is 5.43. The Hall–Kier alpha value is -0.0800. The van der Waals surface area contributed by atoms with E-state index in [0.29, 0.717) is 5.41 Å². The van der Waals surface area contributed by atoms with E-state index >= 15 is 0 Å². The van der Waals surface area contributed by atoms with Crippen molar-refractivity contribution < 1.29 is 4.74 Å². The molecule has 0 aromatic rings. The molecule has 2 heteroatoms. The minimum absolute atomic E-state index is 0.485. The molecule has 0 atom stereocenters. The first-order valence-electron chi connectivity index (χ1n) is 8.05. The molecule has 1 aliphatic rings. The first-order valence-corrected chi connectivity index (χ1v) is 8.05. The Morgan fingerprint density at radius 1 is 0.944 bits per heavy atom. The van der Waals surface area contributed by atoms with Gasteiger partial charge in [-0.1, -0.05) is 52.4 Å². The van der Waals surface area contributed by atoms with E-state index in [-0.39, 0.29) is 0 Å². The quantitative estimate of drug-likeness (QED) is 0.592. The van der Waals surface area contributed by atoms with Crippen LogP contribution in [0.5, 0.6) is 0 Å². The molecule has 2 nitrogen and oxygen atoms in total. The van der Waals surface area contributed by atoms with Crippen molar-refractivity contribution in [3.05, 3.63) is 0 Å². The first kappa shape index (κ1) is 16.0. The zero-order valence-electron chi connectivity index (χ0n) is 12.6.